The fourth-order valence-corrected chi connectivity index (χ4v) is 2.33. The average Bonchev–Trinajstić information content (AvgIpc) is 2.91. The number of hydrogen-bond acceptors (Lipinski definition) is 5. The molecule has 3 rings (SSSR count). The number of fused-ring (bicyclic) bond motifs is 1. The Morgan fingerprint density at radius 3 is 2.86 bits per heavy atom. The van der Waals surface area contributed by atoms with Crippen molar-refractivity contribution in [1.29, 1.82) is 0 Å². The third-order valence-electron chi connectivity index (χ3n) is 3.06. The van der Waals surface area contributed by atoms with Crippen molar-refractivity contribution in [2.45, 2.75) is 6.92 Å². The molecule has 0 fully saturated rings. The Morgan fingerprint density at radius 2 is 2.10 bits per heavy atom. The standard InChI is InChI=1S/C14H14ClN5O/c1-3-16-12-9-8-17-20(13(9)19-14(15)18-12)10-6-4-5-7-11(10)21-2/h4-8H,3H2,1-2H3,(H,16,18,19). The van der Waals surface area contributed by atoms with E-state index in [1.807, 2.05) is 31.2 Å². The first kappa shape index (κ1) is 13.6. The Bertz CT molecular complexity index is 786. The number of aromatic nitrogens is 4. The van der Waals surface area contributed by atoms with Crippen LogP contribution in [0.25, 0.3) is 16.7 Å². The number of rotatable bonds is 4. The minimum absolute atomic E-state index is 0.176. The normalized spacial score (nSPS) is 10.8. The summed E-state index contributed by atoms with van der Waals surface area (Å²) in [7, 11) is 1.62. The Morgan fingerprint density at radius 1 is 1.29 bits per heavy atom. The number of nitrogens with one attached hydrogen (secondary N) is 1. The molecular weight excluding hydrogens is 290 g/mol. The number of methoxy groups -OCH3 is 1. The highest BCUT2D eigenvalue weighted by Gasteiger charge is 2.15. The van der Waals surface area contributed by atoms with E-state index >= 15 is 0 Å². The number of ether oxygens (including phenoxy) is 1. The Hall–Kier alpha value is -2.34. The molecule has 0 aliphatic heterocycles. The van der Waals surface area contributed by atoms with Gasteiger partial charge in [-0.3, -0.25) is 0 Å². The summed E-state index contributed by atoms with van der Waals surface area (Å²) in [6.07, 6.45) is 1.72. The van der Waals surface area contributed by atoms with Crippen molar-refractivity contribution < 1.29 is 4.74 Å². The average molecular weight is 304 g/mol. The first-order valence-corrected chi connectivity index (χ1v) is 6.91. The predicted molar refractivity (Wildman–Crippen MR) is 82.4 cm³/mol. The number of anilines is 1. The molecule has 2 aromatic heterocycles. The van der Waals surface area contributed by atoms with Crippen LogP contribution in [0.5, 0.6) is 5.75 Å². The van der Waals surface area contributed by atoms with Crippen LogP contribution in [0.4, 0.5) is 5.82 Å². The number of hydrogen-bond donors (Lipinski definition) is 1. The summed E-state index contributed by atoms with van der Waals surface area (Å²) in [6, 6.07) is 7.60. The number of benzene rings is 1. The van der Waals surface area contributed by atoms with Crippen molar-refractivity contribution in [3.05, 3.63) is 35.7 Å². The van der Waals surface area contributed by atoms with E-state index < -0.39 is 0 Å². The van der Waals surface area contributed by atoms with Gasteiger partial charge in [0.05, 0.1) is 18.7 Å². The molecule has 0 atom stereocenters. The second-order valence-electron chi connectivity index (χ2n) is 4.34. The smallest absolute Gasteiger partial charge is 0.226 e. The number of nitrogens with zero attached hydrogens (tertiary/aromatic N) is 4. The lowest BCUT2D eigenvalue weighted by Crippen LogP contribution is -2.03. The number of para-hydroxylation sites is 2. The molecule has 0 spiro atoms. The van der Waals surface area contributed by atoms with Crippen LogP contribution in [-0.2, 0) is 0 Å². The Kier molecular flexibility index (Phi) is 3.62. The molecule has 0 saturated heterocycles. The van der Waals surface area contributed by atoms with Gasteiger partial charge in [0.2, 0.25) is 5.28 Å². The first-order valence-electron chi connectivity index (χ1n) is 6.53. The molecular formula is C14H14ClN5O. The Labute approximate surface area is 126 Å². The lowest BCUT2D eigenvalue weighted by atomic mass is 10.3. The van der Waals surface area contributed by atoms with Crippen molar-refractivity contribution in [1.82, 2.24) is 19.7 Å². The molecule has 0 amide bonds. The first-order chi connectivity index (χ1) is 10.2. The van der Waals surface area contributed by atoms with Gasteiger partial charge in [-0.1, -0.05) is 12.1 Å². The number of halogens is 1. The van der Waals surface area contributed by atoms with Crippen LogP contribution in [0.15, 0.2) is 30.5 Å². The summed E-state index contributed by atoms with van der Waals surface area (Å²) < 4.78 is 7.07. The molecule has 0 saturated carbocycles. The summed E-state index contributed by atoms with van der Waals surface area (Å²) >= 11 is 6.01. The molecule has 0 aliphatic carbocycles. The second kappa shape index (κ2) is 5.57. The molecule has 0 bridgehead atoms. The maximum atomic E-state index is 6.01. The molecule has 1 aromatic carbocycles. The van der Waals surface area contributed by atoms with E-state index in [0.717, 1.165) is 17.6 Å². The van der Waals surface area contributed by atoms with E-state index in [2.05, 4.69) is 20.4 Å². The Balaban J connectivity index is 2.25. The van der Waals surface area contributed by atoms with Gasteiger partial charge in [0.1, 0.15) is 17.3 Å². The van der Waals surface area contributed by atoms with E-state index in [0.29, 0.717) is 17.2 Å². The highest BCUT2D eigenvalue weighted by molar-refractivity contribution is 6.28. The largest absolute Gasteiger partial charge is 0.494 e. The molecule has 0 radical (unpaired) electrons. The molecule has 1 N–H and O–H groups in total. The van der Waals surface area contributed by atoms with Crippen LogP contribution < -0.4 is 10.1 Å². The highest BCUT2D eigenvalue weighted by Crippen LogP contribution is 2.28. The van der Waals surface area contributed by atoms with Gasteiger partial charge >= 0.3 is 0 Å². The topological polar surface area (TPSA) is 64.9 Å². The van der Waals surface area contributed by atoms with E-state index in [1.54, 1.807) is 18.0 Å². The third kappa shape index (κ3) is 2.38. The molecule has 21 heavy (non-hydrogen) atoms. The van der Waals surface area contributed by atoms with E-state index in [4.69, 9.17) is 16.3 Å². The lowest BCUT2D eigenvalue weighted by Gasteiger charge is -2.09. The molecule has 3 aromatic rings. The van der Waals surface area contributed by atoms with Gasteiger partial charge in [-0.25, -0.2) is 4.68 Å². The maximum Gasteiger partial charge on any atom is 0.226 e. The summed E-state index contributed by atoms with van der Waals surface area (Å²) in [4.78, 5) is 8.49. The van der Waals surface area contributed by atoms with Crippen LogP contribution in [0.2, 0.25) is 5.28 Å². The zero-order valence-corrected chi connectivity index (χ0v) is 12.4. The van der Waals surface area contributed by atoms with Crippen LogP contribution in [0, 0.1) is 0 Å². The minimum atomic E-state index is 0.176. The van der Waals surface area contributed by atoms with E-state index in [1.165, 1.54) is 0 Å². The molecule has 108 valence electrons. The van der Waals surface area contributed by atoms with Crippen LogP contribution >= 0.6 is 11.6 Å². The van der Waals surface area contributed by atoms with E-state index in [9.17, 15) is 0 Å². The van der Waals surface area contributed by atoms with Crippen molar-refractivity contribution in [2.75, 3.05) is 19.0 Å². The van der Waals surface area contributed by atoms with Crippen molar-refractivity contribution in [3.63, 3.8) is 0 Å². The third-order valence-corrected chi connectivity index (χ3v) is 3.23. The van der Waals surface area contributed by atoms with Gasteiger partial charge in [0.15, 0.2) is 5.65 Å². The fraction of sp³-hybridized carbons (Fsp3) is 0.214. The van der Waals surface area contributed by atoms with Crippen LogP contribution in [0.1, 0.15) is 6.92 Å². The maximum absolute atomic E-state index is 6.01. The lowest BCUT2D eigenvalue weighted by molar-refractivity contribution is 0.412. The van der Waals surface area contributed by atoms with Crippen molar-refractivity contribution in [3.8, 4) is 11.4 Å². The zero-order valence-electron chi connectivity index (χ0n) is 11.7. The molecule has 0 unspecified atom stereocenters. The van der Waals surface area contributed by atoms with Gasteiger partial charge in [-0.15, -0.1) is 0 Å². The highest BCUT2D eigenvalue weighted by atomic mass is 35.5. The van der Waals surface area contributed by atoms with Crippen molar-refractivity contribution in [2.24, 2.45) is 0 Å². The molecule has 2 heterocycles. The second-order valence-corrected chi connectivity index (χ2v) is 4.68. The quantitative estimate of drug-likeness (QED) is 0.751. The minimum Gasteiger partial charge on any atom is -0.494 e. The predicted octanol–water partition coefficient (Wildman–Crippen LogP) is 2.91. The molecule has 0 aliphatic rings. The summed E-state index contributed by atoms with van der Waals surface area (Å²) in [5, 5.41) is 8.55. The SMILES string of the molecule is CCNc1nc(Cl)nc2c1cnn2-c1ccccc1OC. The van der Waals surface area contributed by atoms with Gasteiger partial charge < -0.3 is 10.1 Å². The fourth-order valence-electron chi connectivity index (χ4n) is 2.16. The monoisotopic (exact) mass is 303 g/mol. The van der Waals surface area contributed by atoms with Gasteiger partial charge in [0.25, 0.3) is 0 Å². The van der Waals surface area contributed by atoms with Gasteiger partial charge in [-0.2, -0.15) is 15.1 Å². The zero-order chi connectivity index (χ0) is 14.8. The summed E-state index contributed by atoms with van der Waals surface area (Å²) in [5.41, 5.74) is 1.43. The van der Waals surface area contributed by atoms with Crippen LogP contribution in [-0.4, -0.2) is 33.4 Å². The molecule has 6 nitrogen and oxygen atoms in total. The summed E-state index contributed by atoms with van der Waals surface area (Å²) in [5.74, 6) is 1.39. The van der Waals surface area contributed by atoms with Crippen molar-refractivity contribution >= 4 is 28.5 Å². The van der Waals surface area contributed by atoms with E-state index in [-0.39, 0.29) is 5.28 Å². The molecule has 7 heteroatoms. The summed E-state index contributed by atoms with van der Waals surface area (Å²) in [6.45, 7) is 2.73. The van der Waals surface area contributed by atoms with Gasteiger partial charge in [0, 0.05) is 6.54 Å². The van der Waals surface area contributed by atoms with Crippen LogP contribution in [0.3, 0.4) is 0 Å². The van der Waals surface area contributed by atoms with Gasteiger partial charge in [-0.05, 0) is 30.7 Å².